The maximum atomic E-state index is 14.8. The minimum Gasteiger partial charge on any atom is -0.467 e. The van der Waals surface area contributed by atoms with Crippen molar-refractivity contribution >= 4 is 50.4 Å². The molecule has 3 aromatic carbocycles. The number of hydrogen-bond donors (Lipinski definition) is 3. The van der Waals surface area contributed by atoms with Crippen molar-refractivity contribution in [2.24, 2.45) is 0 Å². The summed E-state index contributed by atoms with van der Waals surface area (Å²) in [6, 6.07) is 17.7. The number of hydrogen-bond acceptors (Lipinski definition) is 8. The minimum absolute atomic E-state index is 0.0191. The van der Waals surface area contributed by atoms with E-state index in [1.54, 1.807) is 48.5 Å². The van der Waals surface area contributed by atoms with E-state index < -0.39 is 57.8 Å². The van der Waals surface area contributed by atoms with Crippen molar-refractivity contribution in [2.75, 3.05) is 18.5 Å². The van der Waals surface area contributed by atoms with Crippen LogP contribution in [0.4, 0.5) is 5.69 Å². The molecule has 0 spiro atoms. The minimum atomic E-state index is -4.26. The molecule has 1 aliphatic rings. The first-order chi connectivity index (χ1) is 22.9. The molecule has 0 saturated carbocycles. The quantitative estimate of drug-likeness (QED) is 0.202. The lowest BCUT2D eigenvalue weighted by molar-refractivity contribution is -0.145. The third-order valence-corrected chi connectivity index (χ3v) is 10.4. The van der Waals surface area contributed by atoms with Gasteiger partial charge >= 0.3 is 11.9 Å². The number of methoxy groups -OCH3 is 2. The van der Waals surface area contributed by atoms with Gasteiger partial charge in [0.1, 0.15) is 12.1 Å². The summed E-state index contributed by atoms with van der Waals surface area (Å²) in [4.78, 5) is 53.9. The van der Waals surface area contributed by atoms with Gasteiger partial charge in [-0.05, 0) is 48.7 Å². The number of nitrogens with one attached hydrogen (secondary N) is 3. The molecule has 5 rings (SSSR count). The molecular formula is C35H38N4O8S. The molecule has 0 saturated heterocycles. The highest BCUT2D eigenvalue weighted by molar-refractivity contribution is 7.92. The monoisotopic (exact) mass is 674 g/mol. The summed E-state index contributed by atoms with van der Waals surface area (Å²) in [6.07, 6.45) is -0.0511. The summed E-state index contributed by atoms with van der Waals surface area (Å²) >= 11 is 0. The lowest BCUT2D eigenvalue weighted by atomic mass is 9.85. The van der Waals surface area contributed by atoms with Crippen LogP contribution in [0.1, 0.15) is 54.6 Å². The Labute approximate surface area is 278 Å². The first-order valence-corrected chi connectivity index (χ1v) is 16.8. The van der Waals surface area contributed by atoms with Crippen LogP contribution in [0.15, 0.2) is 77.7 Å². The number of H-pyrrole nitrogens is 1. The van der Waals surface area contributed by atoms with Gasteiger partial charge < -0.3 is 25.1 Å². The zero-order chi connectivity index (χ0) is 34.7. The van der Waals surface area contributed by atoms with E-state index in [2.05, 4.69) is 15.6 Å². The Morgan fingerprint density at radius 2 is 1.42 bits per heavy atom. The van der Waals surface area contributed by atoms with E-state index in [9.17, 15) is 27.6 Å². The molecule has 13 heteroatoms. The zero-order valence-electron chi connectivity index (χ0n) is 27.3. The first kappa shape index (κ1) is 34.2. The Hall–Kier alpha value is -5.17. The molecular weight excluding hydrogens is 636 g/mol. The average molecular weight is 675 g/mol. The number of sulfonamides is 1. The van der Waals surface area contributed by atoms with Gasteiger partial charge in [-0.1, -0.05) is 54.1 Å². The highest BCUT2D eigenvalue weighted by atomic mass is 32.2. The summed E-state index contributed by atoms with van der Waals surface area (Å²) in [6.45, 7) is 4.44. The molecule has 3 N–H and O–H groups in total. The number of fused-ring (bicyclic) bond motifs is 2. The number of aromatic nitrogens is 1. The van der Waals surface area contributed by atoms with Gasteiger partial charge in [0.05, 0.1) is 30.8 Å². The van der Waals surface area contributed by atoms with Gasteiger partial charge in [0.25, 0.3) is 10.0 Å². The predicted molar refractivity (Wildman–Crippen MR) is 179 cm³/mol. The lowest BCUT2D eigenvalue weighted by Gasteiger charge is -2.32. The van der Waals surface area contributed by atoms with Crippen molar-refractivity contribution in [3.63, 3.8) is 0 Å². The van der Waals surface area contributed by atoms with Crippen molar-refractivity contribution < 1.29 is 37.1 Å². The highest BCUT2D eigenvalue weighted by Gasteiger charge is 2.49. The summed E-state index contributed by atoms with van der Waals surface area (Å²) in [5.74, 6) is -2.96. The summed E-state index contributed by atoms with van der Waals surface area (Å²) in [5.41, 5.74) is 3.62. The SMILES string of the molecule is COC(=O)[C@H](Cc1c([C@@H]2[C@@H](C[C@H](NC(C)=O)C(=O)OC)c3ccccc3N2S(=O)(=O)c2ccc(C)cc2)[nH]c2ccccc12)NC(C)=O. The number of rotatable bonds is 11. The van der Waals surface area contributed by atoms with Gasteiger partial charge in [-0.2, -0.15) is 0 Å². The predicted octanol–water partition coefficient (Wildman–Crippen LogP) is 3.80. The van der Waals surface area contributed by atoms with Crippen LogP contribution >= 0.6 is 0 Å². The second-order valence-electron chi connectivity index (χ2n) is 11.8. The van der Waals surface area contributed by atoms with E-state index in [4.69, 9.17) is 9.47 Å². The Morgan fingerprint density at radius 3 is 2.06 bits per heavy atom. The molecule has 0 aliphatic carbocycles. The zero-order valence-corrected chi connectivity index (χ0v) is 28.1. The number of nitrogens with zero attached hydrogens (tertiary/aromatic N) is 1. The van der Waals surface area contributed by atoms with E-state index >= 15 is 0 Å². The summed E-state index contributed by atoms with van der Waals surface area (Å²) in [5, 5.41) is 6.04. The number of carbonyl (C=O) groups excluding carboxylic acids is 4. The molecule has 0 bridgehead atoms. The third kappa shape index (κ3) is 6.63. The molecule has 0 fully saturated rings. The molecule has 0 radical (unpaired) electrons. The van der Waals surface area contributed by atoms with Crippen LogP contribution in [-0.4, -0.2) is 63.5 Å². The Balaban J connectivity index is 1.79. The number of aromatic amines is 1. The van der Waals surface area contributed by atoms with Crippen LogP contribution in [0, 0.1) is 6.92 Å². The average Bonchev–Trinajstić information content (AvgIpc) is 3.58. The number of esters is 2. The van der Waals surface area contributed by atoms with Crippen molar-refractivity contribution in [3.05, 3.63) is 95.2 Å². The lowest BCUT2D eigenvalue weighted by Crippen LogP contribution is -2.43. The van der Waals surface area contributed by atoms with Crippen LogP contribution < -0.4 is 14.9 Å². The van der Waals surface area contributed by atoms with Crippen LogP contribution in [0.3, 0.4) is 0 Å². The standard InChI is InChI=1S/C35H38N4O8S/c1-20-14-16-23(17-15-20)48(44,45)39-31-13-9-7-11-25(31)27(19-30(35(43)47-5)37-22(3)41)33(39)32-26(24-10-6-8-12-28(24)38-32)18-29(34(42)46-4)36-21(2)40/h6-17,27,29-30,33,38H,18-19H2,1-5H3,(H,36,40)(H,37,41)/t27-,29-,30-,33-/m0/s1. The Morgan fingerprint density at radius 1 is 0.833 bits per heavy atom. The number of ether oxygens (including phenoxy) is 2. The molecule has 48 heavy (non-hydrogen) atoms. The molecule has 0 unspecified atom stereocenters. The van der Waals surface area contributed by atoms with Crippen LogP contribution in [-0.2, 0) is 45.1 Å². The molecule has 12 nitrogen and oxygen atoms in total. The van der Waals surface area contributed by atoms with Gasteiger partial charge in [-0.3, -0.25) is 13.9 Å². The second-order valence-corrected chi connectivity index (χ2v) is 13.6. The van der Waals surface area contributed by atoms with Gasteiger partial charge in [-0.15, -0.1) is 0 Å². The first-order valence-electron chi connectivity index (χ1n) is 15.4. The van der Waals surface area contributed by atoms with Crippen LogP contribution in [0.25, 0.3) is 10.9 Å². The van der Waals surface area contributed by atoms with E-state index in [1.165, 1.54) is 32.4 Å². The van der Waals surface area contributed by atoms with Crippen molar-refractivity contribution in [1.29, 1.82) is 0 Å². The largest absolute Gasteiger partial charge is 0.467 e. The Kier molecular flexibility index (Phi) is 9.90. The number of para-hydroxylation sites is 2. The summed E-state index contributed by atoms with van der Waals surface area (Å²) in [7, 11) is -1.82. The fourth-order valence-corrected chi connectivity index (χ4v) is 8.18. The van der Waals surface area contributed by atoms with Crippen LogP contribution in [0.5, 0.6) is 0 Å². The molecule has 2 amide bonds. The maximum absolute atomic E-state index is 14.8. The maximum Gasteiger partial charge on any atom is 0.328 e. The van der Waals surface area contributed by atoms with Crippen LogP contribution in [0.2, 0.25) is 0 Å². The van der Waals surface area contributed by atoms with Gasteiger partial charge in [-0.25, -0.2) is 18.0 Å². The molecule has 1 aromatic heterocycles. The molecule has 2 heterocycles. The van der Waals surface area contributed by atoms with Crippen molar-refractivity contribution in [3.8, 4) is 0 Å². The number of benzene rings is 3. The molecule has 4 aromatic rings. The molecule has 1 aliphatic heterocycles. The fourth-order valence-electron chi connectivity index (χ4n) is 6.50. The van der Waals surface area contributed by atoms with Crippen molar-refractivity contribution in [1.82, 2.24) is 15.6 Å². The van der Waals surface area contributed by atoms with Gasteiger partial charge in [0, 0.05) is 42.8 Å². The van der Waals surface area contributed by atoms with Gasteiger partial charge in [0.2, 0.25) is 11.8 Å². The summed E-state index contributed by atoms with van der Waals surface area (Å²) < 4.78 is 40.9. The number of amides is 2. The smallest absolute Gasteiger partial charge is 0.328 e. The number of carbonyl (C=O) groups is 4. The Bertz CT molecular complexity index is 1970. The van der Waals surface area contributed by atoms with E-state index in [0.29, 0.717) is 33.4 Å². The van der Waals surface area contributed by atoms with E-state index in [-0.39, 0.29) is 17.7 Å². The molecule has 252 valence electrons. The number of aryl methyl sites for hydroxylation is 1. The molecule has 4 atom stereocenters. The second kappa shape index (κ2) is 13.9. The highest BCUT2D eigenvalue weighted by Crippen LogP contribution is 2.54. The van der Waals surface area contributed by atoms with E-state index in [1.807, 2.05) is 31.2 Å². The van der Waals surface area contributed by atoms with Gasteiger partial charge in [0.15, 0.2) is 0 Å². The van der Waals surface area contributed by atoms with Crippen molar-refractivity contribution in [2.45, 2.75) is 62.6 Å². The van der Waals surface area contributed by atoms with E-state index in [0.717, 1.165) is 5.56 Å². The topological polar surface area (TPSA) is 164 Å². The third-order valence-electron chi connectivity index (χ3n) is 8.55. The normalized spacial score (nSPS) is 16.9. The fraction of sp³-hybridized carbons (Fsp3) is 0.314. The number of anilines is 1.